The van der Waals surface area contributed by atoms with E-state index in [1.54, 1.807) is 12.3 Å². The highest BCUT2D eigenvalue weighted by atomic mass is 35.5. The Morgan fingerprint density at radius 2 is 2.12 bits per heavy atom. The van der Waals surface area contributed by atoms with E-state index in [0.29, 0.717) is 10.2 Å². The van der Waals surface area contributed by atoms with Crippen molar-refractivity contribution in [2.45, 2.75) is 6.54 Å². The first-order valence-electron chi connectivity index (χ1n) is 7.39. The molecule has 0 unspecified atom stereocenters. The number of anilines is 1. The molecule has 1 amide bonds. The van der Waals surface area contributed by atoms with Crippen LogP contribution < -0.4 is 4.90 Å². The third-order valence-electron chi connectivity index (χ3n) is 3.51. The molecule has 3 heterocycles. The number of fused-ring (bicyclic) bond motifs is 1. The van der Waals surface area contributed by atoms with Crippen LogP contribution in [0.15, 0.2) is 59.4 Å². The minimum Gasteiger partial charge on any atom is -0.351 e. The van der Waals surface area contributed by atoms with E-state index >= 15 is 0 Å². The van der Waals surface area contributed by atoms with Crippen molar-refractivity contribution in [2.24, 2.45) is 0 Å². The van der Waals surface area contributed by atoms with Crippen LogP contribution >= 0.6 is 22.9 Å². The van der Waals surface area contributed by atoms with Gasteiger partial charge in [0.15, 0.2) is 5.13 Å². The third kappa shape index (κ3) is 3.24. The number of amides is 1. The van der Waals surface area contributed by atoms with Crippen molar-refractivity contribution in [3.63, 3.8) is 0 Å². The van der Waals surface area contributed by atoms with Crippen LogP contribution in [0.5, 0.6) is 0 Å². The number of aromatic nitrogens is 3. The lowest BCUT2D eigenvalue weighted by Crippen LogP contribution is -2.30. The standard InChI is InChI=1S/C17H11ClN4O2S/c18-11-4-5-13-15(9-11)25-17(21-13)22(10-12-3-1-2-7-19-12)16(23)14-6-8-20-24-14/h1-9H,10H2. The maximum atomic E-state index is 12.9. The molecule has 1 aromatic carbocycles. The van der Waals surface area contributed by atoms with Crippen LogP contribution in [0.3, 0.4) is 0 Å². The number of thiazole rings is 1. The minimum absolute atomic E-state index is 0.146. The summed E-state index contributed by atoms with van der Waals surface area (Å²) in [4.78, 5) is 23.2. The van der Waals surface area contributed by atoms with Gasteiger partial charge in [0.2, 0.25) is 5.76 Å². The second-order valence-corrected chi connectivity index (χ2v) is 6.64. The smallest absolute Gasteiger partial charge is 0.299 e. The summed E-state index contributed by atoms with van der Waals surface area (Å²) < 4.78 is 5.92. The Labute approximate surface area is 151 Å². The summed E-state index contributed by atoms with van der Waals surface area (Å²) in [6.45, 7) is 0.272. The van der Waals surface area contributed by atoms with Crippen LogP contribution in [0, 0.1) is 0 Å². The summed E-state index contributed by atoms with van der Waals surface area (Å²) in [5.74, 6) is -0.179. The minimum atomic E-state index is -0.326. The molecule has 0 saturated carbocycles. The molecule has 6 nitrogen and oxygen atoms in total. The van der Waals surface area contributed by atoms with Crippen LogP contribution in [0.2, 0.25) is 5.02 Å². The first kappa shape index (κ1) is 15.7. The second-order valence-electron chi connectivity index (χ2n) is 5.20. The first-order valence-corrected chi connectivity index (χ1v) is 8.59. The molecular weight excluding hydrogens is 360 g/mol. The second kappa shape index (κ2) is 6.62. The fourth-order valence-electron chi connectivity index (χ4n) is 2.34. The number of halogens is 1. The molecular formula is C17H11ClN4O2S. The Bertz CT molecular complexity index is 1020. The molecule has 0 aliphatic carbocycles. The molecule has 4 aromatic rings. The Morgan fingerprint density at radius 1 is 1.20 bits per heavy atom. The highest BCUT2D eigenvalue weighted by Crippen LogP contribution is 2.32. The molecule has 0 N–H and O–H groups in total. The van der Waals surface area contributed by atoms with Gasteiger partial charge in [-0.2, -0.15) is 0 Å². The van der Waals surface area contributed by atoms with Crippen molar-refractivity contribution in [2.75, 3.05) is 4.90 Å². The van der Waals surface area contributed by atoms with Gasteiger partial charge in [-0.05, 0) is 30.3 Å². The first-order chi connectivity index (χ1) is 12.2. The predicted molar refractivity (Wildman–Crippen MR) is 95.9 cm³/mol. The monoisotopic (exact) mass is 370 g/mol. The molecule has 0 radical (unpaired) electrons. The van der Waals surface area contributed by atoms with Crippen molar-refractivity contribution in [3.8, 4) is 0 Å². The predicted octanol–water partition coefficient (Wildman–Crippen LogP) is 4.18. The highest BCUT2D eigenvalue weighted by molar-refractivity contribution is 7.22. The van der Waals surface area contributed by atoms with E-state index in [0.717, 1.165) is 15.9 Å². The number of carbonyl (C=O) groups excluding carboxylic acids is 1. The van der Waals surface area contributed by atoms with Gasteiger partial charge >= 0.3 is 0 Å². The lowest BCUT2D eigenvalue weighted by atomic mass is 10.3. The average molecular weight is 371 g/mol. The van der Waals surface area contributed by atoms with Crippen LogP contribution in [-0.4, -0.2) is 21.0 Å². The number of hydrogen-bond acceptors (Lipinski definition) is 6. The SMILES string of the molecule is O=C(c1ccno1)N(Cc1ccccn1)c1nc2ccc(Cl)cc2s1. The normalized spacial score (nSPS) is 10.9. The summed E-state index contributed by atoms with van der Waals surface area (Å²) in [6.07, 6.45) is 3.12. The maximum absolute atomic E-state index is 12.9. The van der Waals surface area contributed by atoms with Gasteiger partial charge in [-0.3, -0.25) is 14.7 Å². The molecule has 3 aromatic heterocycles. The molecule has 0 atom stereocenters. The van der Waals surface area contributed by atoms with Crippen LogP contribution in [-0.2, 0) is 6.54 Å². The Balaban J connectivity index is 1.76. The zero-order valence-corrected chi connectivity index (χ0v) is 14.4. The summed E-state index contributed by atoms with van der Waals surface area (Å²) >= 11 is 7.43. The van der Waals surface area contributed by atoms with Crippen LogP contribution in [0.25, 0.3) is 10.2 Å². The number of hydrogen-bond donors (Lipinski definition) is 0. The fourth-order valence-corrected chi connectivity index (χ4v) is 3.58. The molecule has 0 spiro atoms. The lowest BCUT2D eigenvalue weighted by Gasteiger charge is -2.17. The topological polar surface area (TPSA) is 72.1 Å². The van der Waals surface area contributed by atoms with Crippen LogP contribution in [0.1, 0.15) is 16.2 Å². The average Bonchev–Trinajstić information content (AvgIpc) is 3.29. The van der Waals surface area contributed by atoms with Crippen molar-refractivity contribution in [3.05, 3.63) is 71.3 Å². The molecule has 0 aliphatic heterocycles. The zero-order valence-electron chi connectivity index (χ0n) is 12.8. The van der Waals surface area contributed by atoms with Gasteiger partial charge in [0.1, 0.15) is 0 Å². The van der Waals surface area contributed by atoms with Crippen molar-refractivity contribution < 1.29 is 9.32 Å². The fraction of sp³-hybridized carbons (Fsp3) is 0.0588. The number of carbonyl (C=O) groups is 1. The molecule has 25 heavy (non-hydrogen) atoms. The third-order valence-corrected chi connectivity index (χ3v) is 4.79. The van der Waals surface area contributed by atoms with Crippen molar-refractivity contribution in [1.29, 1.82) is 0 Å². The number of nitrogens with zero attached hydrogens (tertiary/aromatic N) is 4. The number of benzene rings is 1. The number of pyridine rings is 1. The van der Waals surface area contributed by atoms with Crippen molar-refractivity contribution >= 4 is 44.2 Å². The van der Waals surface area contributed by atoms with E-state index in [2.05, 4.69) is 15.1 Å². The molecule has 0 aliphatic rings. The van der Waals surface area contributed by atoms with Gasteiger partial charge in [-0.25, -0.2) is 4.98 Å². The van der Waals surface area contributed by atoms with Gasteiger partial charge in [0.25, 0.3) is 5.91 Å². The summed E-state index contributed by atoms with van der Waals surface area (Å²) in [7, 11) is 0. The van der Waals surface area contributed by atoms with Gasteiger partial charge in [-0.15, -0.1) is 0 Å². The van der Waals surface area contributed by atoms with E-state index in [9.17, 15) is 4.79 Å². The van der Waals surface area contributed by atoms with Crippen LogP contribution in [0.4, 0.5) is 5.13 Å². The summed E-state index contributed by atoms with van der Waals surface area (Å²) in [5, 5.41) is 4.78. The van der Waals surface area contributed by atoms with Crippen molar-refractivity contribution in [1.82, 2.24) is 15.1 Å². The molecule has 0 bridgehead atoms. The maximum Gasteiger partial charge on any atom is 0.299 e. The van der Waals surface area contributed by atoms with Gasteiger partial charge in [-0.1, -0.05) is 34.2 Å². The largest absolute Gasteiger partial charge is 0.351 e. The Hall–Kier alpha value is -2.77. The molecule has 124 valence electrons. The number of rotatable bonds is 4. The summed E-state index contributed by atoms with van der Waals surface area (Å²) in [5.41, 5.74) is 1.52. The quantitative estimate of drug-likeness (QED) is 0.538. The molecule has 0 saturated heterocycles. The Morgan fingerprint density at radius 3 is 2.88 bits per heavy atom. The van der Waals surface area contributed by atoms with E-state index in [4.69, 9.17) is 16.1 Å². The summed E-state index contributed by atoms with van der Waals surface area (Å²) in [6, 6.07) is 12.5. The van der Waals surface area contributed by atoms with E-state index in [1.165, 1.54) is 28.5 Å². The molecule has 8 heteroatoms. The molecule has 4 rings (SSSR count). The zero-order chi connectivity index (χ0) is 17.2. The lowest BCUT2D eigenvalue weighted by molar-refractivity contribution is 0.0949. The molecule has 0 fully saturated rings. The van der Waals surface area contributed by atoms with Gasteiger partial charge in [0, 0.05) is 17.3 Å². The van der Waals surface area contributed by atoms with E-state index in [-0.39, 0.29) is 18.2 Å². The van der Waals surface area contributed by atoms with Gasteiger partial charge < -0.3 is 4.52 Å². The Kier molecular flexibility index (Phi) is 4.17. The van der Waals surface area contributed by atoms with E-state index in [1.807, 2.05) is 30.3 Å². The van der Waals surface area contributed by atoms with Gasteiger partial charge in [0.05, 0.1) is 28.7 Å². The van der Waals surface area contributed by atoms with E-state index < -0.39 is 0 Å². The highest BCUT2D eigenvalue weighted by Gasteiger charge is 2.24.